The first kappa shape index (κ1) is 14.6. The van der Waals surface area contributed by atoms with Crippen LogP contribution in [0.1, 0.15) is 44.2 Å². The van der Waals surface area contributed by atoms with Gasteiger partial charge >= 0.3 is 5.97 Å². The van der Waals surface area contributed by atoms with E-state index in [1.165, 1.54) is 25.1 Å². The van der Waals surface area contributed by atoms with E-state index < -0.39 is 17.8 Å². The van der Waals surface area contributed by atoms with Gasteiger partial charge in [0.15, 0.2) is 0 Å². The molecule has 1 N–H and O–H groups in total. The highest BCUT2D eigenvalue weighted by molar-refractivity contribution is 5.76. The van der Waals surface area contributed by atoms with E-state index in [9.17, 15) is 13.6 Å². The molecule has 18 heavy (non-hydrogen) atoms. The Kier molecular flexibility index (Phi) is 4.43. The van der Waals surface area contributed by atoms with Gasteiger partial charge in [0.05, 0.1) is 5.92 Å². The number of carboxylic acid groups (broad SMARTS) is 1. The second kappa shape index (κ2) is 5.46. The molecule has 0 saturated carbocycles. The molecule has 100 valence electrons. The molecule has 1 rings (SSSR count). The Morgan fingerprint density at radius 1 is 1.39 bits per heavy atom. The van der Waals surface area contributed by atoms with Gasteiger partial charge in [0, 0.05) is 12.0 Å². The monoisotopic (exact) mass is 256 g/mol. The van der Waals surface area contributed by atoms with E-state index in [4.69, 9.17) is 5.11 Å². The molecule has 0 saturated heterocycles. The van der Waals surface area contributed by atoms with Gasteiger partial charge in [0.1, 0.15) is 0 Å². The number of halogens is 2. The number of aliphatic carboxylic acids is 1. The Bertz CT molecular complexity index is 428. The Morgan fingerprint density at radius 2 is 2.00 bits per heavy atom. The van der Waals surface area contributed by atoms with E-state index in [1.54, 1.807) is 19.9 Å². The Labute approximate surface area is 106 Å². The topological polar surface area (TPSA) is 37.3 Å². The van der Waals surface area contributed by atoms with Gasteiger partial charge in [-0.05, 0) is 17.5 Å². The first-order valence-electron chi connectivity index (χ1n) is 6.00. The van der Waals surface area contributed by atoms with Crippen molar-refractivity contribution in [3.63, 3.8) is 0 Å². The molecule has 0 heterocycles. The van der Waals surface area contributed by atoms with Crippen LogP contribution in [-0.4, -0.2) is 11.1 Å². The lowest BCUT2D eigenvalue weighted by atomic mass is 9.87. The van der Waals surface area contributed by atoms with Gasteiger partial charge in [-0.1, -0.05) is 39.0 Å². The average Bonchev–Trinajstić information content (AvgIpc) is 2.28. The molecular weight excluding hydrogens is 238 g/mol. The summed E-state index contributed by atoms with van der Waals surface area (Å²) < 4.78 is 27.2. The molecule has 2 nitrogen and oxygen atoms in total. The summed E-state index contributed by atoms with van der Waals surface area (Å²) in [6.45, 7) is 4.94. The van der Waals surface area contributed by atoms with Crippen molar-refractivity contribution >= 4 is 5.97 Å². The summed E-state index contributed by atoms with van der Waals surface area (Å²) in [4.78, 5) is 11.2. The molecule has 1 unspecified atom stereocenters. The molecule has 0 aliphatic carbocycles. The minimum absolute atomic E-state index is 0.116. The molecule has 0 fully saturated rings. The highest BCUT2D eigenvalue weighted by atomic mass is 19.3. The lowest BCUT2D eigenvalue weighted by molar-refractivity contribution is -0.139. The number of hydrogen-bond acceptors (Lipinski definition) is 1. The number of hydrogen-bond donors (Lipinski definition) is 1. The van der Waals surface area contributed by atoms with Crippen molar-refractivity contribution in [3.05, 3.63) is 35.4 Å². The molecule has 0 spiro atoms. The summed E-state index contributed by atoms with van der Waals surface area (Å²) >= 11 is 0. The molecule has 0 aliphatic rings. The van der Waals surface area contributed by atoms with Gasteiger partial charge in [-0.25, -0.2) is 8.78 Å². The molecule has 4 heteroatoms. The van der Waals surface area contributed by atoms with Crippen molar-refractivity contribution < 1.29 is 18.7 Å². The lowest BCUT2D eigenvalue weighted by Gasteiger charge is -2.20. The fourth-order valence-electron chi connectivity index (χ4n) is 1.98. The predicted molar refractivity (Wildman–Crippen MR) is 65.8 cm³/mol. The smallest absolute Gasteiger partial charge is 0.311 e. The van der Waals surface area contributed by atoms with E-state index in [0.29, 0.717) is 5.56 Å². The molecule has 0 bridgehead atoms. The minimum Gasteiger partial charge on any atom is -0.481 e. The van der Waals surface area contributed by atoms with Crippen LogP contribution in [0.15, 0.2) is 24.3 Å². The van der Waals surface area contributed by atoms with Crippen molar-refractivity contribution in [1.29, 1.82) is 0 Å². The van der Waals surface area contributed by atoms with Gasteiger partial charge in [-0.3, -0.25) is 4.79 Å². The maximum Gasteiger partial charge on any atom is 0.311 e. The number of carbonyl (C=O) groups is 1. The first-order chi connectivity index (χ1) is 8.29. The van der Waals surface area contributed by atoms with Gasteiger partial charge in [0.2, 0.25) is 0 Å². The third-order valence-corrected chi connectivity index (χ3v) is 3.04. The van der Waals surface area contributed by atoms with Crippen molar-refractivity contribution in [3.8, 4) is 0 Å². The largest absolute Gasteiger partial charge is 0.481 e. The summed E-state index contributed by atoms with van der Waals surface area (Å²) in [6, 6.07) is 5.73. The van der Waals surface area contributed by atoms with Crippen LogP contribution < -0.4 is 0 Å². The normalized spacial score (nSPS) is 13.7. The Hall–Kier alpha value is -1.45. The van der Waals surface area contributed by atoms with Crippen molar-refractivity contribution in [2.24, 2.45) is 5.92 Å². The summed E-state index contributed by atoms with van der Waals surface area (Å²) in [7, 11) is 0. The molecule has 0 amide bonds. The van der Waals surface area contributed by atoms with Gasteiger partial charge in [-0.2, -0.15) is 0 Å². The fraction of sp³-hybridized carbons (Fsp3) is 0.500. The molecule has 1 aromatic rings. The zero-order valence-corrected chi connectivity index (χ0v) is 10.8. The number of benzene rings is 1. The van der Waals surface area contributed by atoms with Crippen LogP contribution >= 0.6 is 0 Å². The SMILES string of the molecule is CCC(F)(F)c1cccc(C(C(=O)O)C(C)C)c1. The molecule has 1 aromatic carbocycles. The van der Waals surface area contributed by atoms with Gasteiger partial charge in [0.25, 0.3) is 5.92 Å². The summed E-state index contributed by atoms with van der Waals surface area (Å²) in [6.07, 6.45) is -0.296. The third kappa shape index (κ3) is 3.06. The number of alkyl halides is 2. The van der Waals surface area contributed by atoms with Crippen LogP contribution in [0, 0.1) is 5.92 Å². The molecular formula is C14H18F2O2. The molecule has 0 radical (unpaired) electrons. The Morgan fingerprint density at radius 3 is 2.44 bits per heavy atom. The maximum atomic E-state index is 13.6. The van der Waals surface area contributed by atoms with Crippen molar-refractivity contribution in [1.82, 2.24) is 0 Å². The van der Waals surface area contributed by atoms with E-state index in [0.717, 1.165) is 0 Å². The fourth-order valence-corrected chi connectivity index (χ4v) is 1.98. The van der Waals surface area contributed by atoms with E-state index in [1.807, 2.05) is 0 Å². The van der Waals surface area contributed by atoms with Crippen LogP contribution in [0.2, 0.25) is 0 Å². The average molecular weight is 256 g/mol. The highest BCUT2D eigenvalue weighted by Crippen LogP contribution is 2.34. The van der Waals surface area contributed by atoms with Crippen molar-refractivity contribution in [2.45, 2.75) is 39.0 Å². The molecule has 0 aliphatic heterocycles. The van der Waals surface area contributed by atoms with Crippen molar-refractivity contribution in [2.75, 3.05) is 0 Å². The summed E-state index contributed by atoms with van der Waals surface area (Å²) in [5.74, 6) is -4.79. The van der Waals surface area contributed by atoms with E-state index in [-0.39, 0.29) is 17.9 Å². The number of carboxylic acids is 1. The third-order valence-electron chi connectivity index (χ3n) is 3.04. The van der Waals surface area contributed by atoms with E-state index in [2.05, 4.69) is 0 Å². The first-order valence-corrected chi connectivity index (χ1v) is 6.00. The molecule has 0 aromatic heterocycles. The lowest BCUT2D eigenvalue weighted by Crippen LogP contribution is -2.19. The maximum absolute atomic E-state index is 13.6. The van der Waals surface area contributed by atoms with Gasteiger partial charge in [-0.15, -0.1) is 0 Å². The highest BCUT2D eigenvalue weighted by Gasteiger charge is 2.31. The summed E-state index contributed by atoms with van der Waals surface area (Å²) in [5.41, 5.74) is 0.317. The standard InChI is InChI=1S/C14H18F2O2/c1-4-14(15,16)11-7-5-6-10(8-11)12(9(2)3)13(17)18/h5-9,12H,4H2,1-3H3,(H,17,18). The van der Waals surface area contributed by atoms with Crippen LogP contribution in [0.25, 0.3) is 0 Å². The molecule has 1 atom stereocenters. The zero-order valence-electron chi connectivity index (χ0n) is 10.8. The van der Waals surface area contributed by atoms with E-state index >= 15 is 0 Å². The predicted octanol–water partition coefficient (Wildman–Crippen LogP) is 4.01. The minimum atomic E-state index is -2.91. The second-order valence-corrected chi connectivity index (χ2v) is 4.74. The van der Waals surface area contributed by atoms with Crippen LogP contribution in [0.4, 0.5) is 8.78 Å². The van der Waals surface area contributed by atoms with Gasteiger partial charge < -0.3 is 5.11 Å². The second-order valence-electron chi connectivity index (χ2n) is 4.74. The van der Waals surface area contributed by atoms with Crippen LogP contribution in [-0.2, 0) is 10.7 Å². The number of rotatable bonds is 5. The van der Waals surface area contributed by atoms with Crippen LogP contribution in [0.5, 0.6) is 0 Å². The Balaban J connectivity index is 3.19. The van der Waals surface area contributed by atoms with Crippen LogP contribution in [0.3, 0.4) is 0 Å². The summed E-state index contributed by atoms with van der Waals surface area (Å²) in [5, 5.41) is 9.16. The zero-order chi connectivity index (χ0) is 13.9. The quantitative estimate of drug-likeness (QED) is 0.864.